The molecule has 0 saturated carbocycles. The van der Waals surface area contributed by atoms with E-state index in [-0.39, 0.29) is 5.63 Å². The molecule has 4 heteroatoms. The van der Waals surface area contributed by atoms with Crippen LogP contribution in [0.2, 0.25) is 0 Å². The van der Waals surface area contributed by atoms with Gasteiger partial charge in [-0.2, -0.15) is 0 Å². The molecule has 0 aliphatic carbocycles. The molecule has 21 heavy (non-hydrogen) atoms. The van der Waals surface area contributed by atoms with Crippen molar-refractivity contribution >= 4 is 11.0 Å². The molecule has 4 nitrogen and oxygen atoms in total. The summed E-state index contributed by atoms with van der Waals surface area (Å²) in [4.78, 5) is 12.0. The molecule has 0 saturated heterocycles. The van der Waals surface area contributed by atoms with Crippen LogP contribution in [0.3, 0.4) is 0 Å². The maximum absolute atomic E-state index is 12.0. The fourth-order valence-corrected chi connectivity index (χ4v) is 2.41. The lowest BCUT2D eigenvalue weighted by Gasteiger charge is -2.09. The van der Waals surface area contributed by atoms with Gasteiger partial charge in [-0.3, -0.25) is 0 Å². The fraction of sp³-hybridized carbons (Fsp3) is 0.471. The normalized spacial score (nSPS) is 10.8. The van der Waals surface area contributed by atoms with Crippen LogP contribution in [0.5, 0.6) is 11.5 Å². The van der Waals surface area contributed by atoms with Gasteiger partial charge in [-0.15, -0.1) is 0 Å². The van der Waals surface area contributed by atoms with E-state index < -0.39 is 0 Å². The largest absolute Gasteiger partial charge is 0.496 e. The van der Waals surface area contributed by atoms with Gasteiger partial charge in [0.05, 0.1) is 19.6 Å². The Morgan fingerprint density at radius 2 is 1.86 bits per heavy atom. The van der Waals surface area contributed by atoms with Gasteiger partial charge in [0.15, 0.2) is 0 Å². The Morgan fingerprint density at radius 1 is 1.05 bits per heavy atom. The fourth-order valence-electron chi connectivity index (χ4n) is 2.41. The van der Waals surface area contributed by atoms with E-state index in [9.17, 15) is 4.79 Å². The van der Waals surface area contributed by atoms with Gasteiger partial charge in [0.1, 0.15) is 17.1 Å². The van der Waals surface area contributed by atoms with E-state index in [1.165, 1.54) is 12.8 Å². The Balaban J connectivity index is 2.36. The summed E-state index contributed by atoms with van der Waals surface area (Å²) in [5.74, 6) is 1.26. The number of methoxy groups -OCH3 is 2. The molecule has 0 unspecified atom stereocenters. The highest BCUT2D eigenvalue weighted by molar-refractivity contribution is 5.85. The molecule has 1 heterocycles. The molecule has 0 N–H and O–H groups in total. The molecule has 0 spiro atoms. The first kappa shape index (κ1) is 15.4. The van der Waals surface area contributed by atoms with Crippen LogP contribution < -0.4 is 15.1 Å². The molecular weight excluding hydrogens is 268 g/mol. The van der Waals surface area contributed by atoms with E-state index in [2.05, 4.69) is 6.92 Å². The van der Waals surface area contributed by atoms with Crippen molar-refractivity contribution in [2.24, 2.45) is 0 Å². The van der Waals surface area contributed by atoms with Crippen molar-refractivity contribution in [3.8, 4) is 11.5 Å². The summed E-state index contributed by atoms with van der Waals surface area (Å²) >= 11 is 0. The molecule has 0 amide bonds. The number of ether oxygens (including phenoxy) is 2. The first-order chi connectivity index (χ1) is 10.2. The summed E-state index contributed by atoms with van der Waals surface area (Å²) < 4.78 is 16.0. The van der Waals surface area contributed by atoms with E-state index in [0.29, 0.717) is 22.6 Å². The smallest absolute Gasteiger partial charge is 0.339 e. The maximum atomic E-state index is 12.0. The second kappa shape index (κ2) is 7.16. The summed E-state index contributed by atoms with van der Waals surface area (Å²) in [6.07, 6.45) is 5.25. The highest BCUT2D eigenvalue weighted by atomic mass is 16.5. The number of aryl methyl sites for hydroxylation is 1. The van der Waals surface area contributed by atoms with Crippen LogP contribution in [0, 0.1) is 0 Å². The molecule has 0 aliphatic heterocycles. The summed E-state index contributed by atoms with van der Waals surface area (Å²) in [6.45, 7) is 2.17. The molecule has 1 aromatic heterocycles. The molecule has 0 bridgehead atoms. The molecule has 1 aromatic carbocycles. The lowest BCUT2D eigenvalue weighted by molar-refractivity contribution is 0.395. The Hall–Kier alpha value is -1.97. The van der Waals surface area contributed by atoms with Crippen LogP contribution >= 0.6 is 0 Å². The van der Waals surface area contributed by atoms with Crippen LogP contribution in [-0.2, 0) is 6.42 Å². The summed E-state index contributed by atoms with van der Waals surface area (Å²) in [7, 11) is 3.17. The lowest BCUT2D eigenvalue weighted by Crippen LogP contribution is -2.07. The topological polar surface area (TPSA) is 48.7 Å². The molecular formula is C17H22O4. The van der Waals surface area contributed by atoms with Gasteiger partial charge in [0.2, 0.25) is 0 Å². The molecule has 0 atom stereocenters. The van der Waals surface area contributed by atoms with Gasteiger partial charge in [0.25, 0.3) is 0 Å². The van der Waals surface area contributed by atoms with Crippen LogP contribution in [0.4, 0.5) is 0 Å². The van der Waals surface area contributed by atoms with Crippen molar-refractivity contribution < 1.29 is 13.9 Å². The van der Waals surface area contributed by atoms with Gasteiger partial charge in [-0.05, 0) is 18.9 Å². The average molecular weight is 290 g/mol. The SMILES string of the molecule is CCCCCCc1cc2c(OC)cc(OC)cc2oc1=O. The zero-order valence-electron chi connectivity index (χ0n) is 12.9. The number of fused-ring (bicyclic) bond motifs is 1. The summed E-state index contributed by atoms with van der Waals surface area (Å²) in [5.41, 5.74) is 0.935. The quantitative estimate of drug-likeness (QED) is 0.572. The third-order valence-corrected chi connectivity index (χ3v) is 3.62. The van der Waals surface area contributed by atoms with Crippen LogP contribution in [0.25, 0.3) is 11.0 Å². The first-order valence-corrected chi connectivity index (χ1v) is 7.38. The molecule has 0 fully saturated rings. The predicted octanol–water partition coefficient (Wildman–Crippen LogP) is 3.93. The van der Waals surface area contributed by atoms with Crippen LogP contribution in [0.1, 0.15) is 38.2 Å². The summed E-state index contributed by atoms with van der Waals surface area (Å²) in [5, 5.41) is 0.809. The van der Waals surface area contributed by atoms with Crippen molar-refractivity contribution in [1.82, 2.24) is 0 Å². The van der Waals surface area contributed by atoms with Crippen molar-refractivity contribution in [3.63, 3.8) is 0 Å². The molecule has 0 radical (unpaired) electrons. The minimum atomic E-state index is -0.269. The Morgan fingerprint density at radius 3 is 2.52 bits per heavy atom. The zero-order valence-corrected chi connectivity index (χ0v) is 12.9. The predicted molar refractivity (Wildman–Crippen MR) is 83.4 cm³/mol. The monoisotopic (exact) mass is 290 g/mol. The van der Waals surface area contributed by atoms with Crippen LogP contribution in [-0.4, -0.2) is 14.2 Å². The number of unbranched alkanes of at least 4 members (excludes halogenated alkanes) is 3. The van der Waals surface area contributed by atoms with Crippen molar-refractivity contribution in [3.05, 3.63) is 34.2 Å². The van der Waals surface area contributed by atoms with E-state index in [4.69, 9.17) is 13.9 Å². The van der Waals surface area contributed by atoms with Crippen molar-refractivity contribution in [1.29, 1.82) is 0 Å². The van der Waals surface area contributed by atoms with E-state index in [0.717, 1.165) is 24.6 Å². The molecule has 2 aromatic rings. The van der Waals surface area contributed by atoms with Gasteiger partial charge in [0, 0.05) is 17.7 Å². The minimum absolute atomic E-state index is 0.269. The maximum Gasteiger partial charge on any atom is 0.339 e. The van der Waals surface area contributed by atoms with E-state index in [1.54, 1.807) is 26.4 Å². The van der Waals surface area contributed by atoms with Gasteiger partial charge in [-0.1, -0.05) is 26.2 Å². The Bertz CT molecular complexity index is 658. The minimum Gasteiger partial charge on any atom is -0.496 e. The second-order valence-corrected chi connectivity index (χ2v) is 5.11. The van der Waals surface area contributed by atoms with Crippen molar-refractivity contribution in [2.75, 3.05) is 14.2 Å². The number of hydrogen-bond donors (Lipinski definition) is 0. The number of hydrogen-bond acceptors (Lipinski definition) is 4. The standard InChI is InChI=1S/C17H22O4/c1-4-5-6-7-8-12-9-14-15(20-3)10-13(19-2)11-16(14)21-17(12)18/h9-11H,4-8H2,1-3H3. The zero-order chi connectivity index (χ0) is 15.2. The van der Waals surface area contributed by atoms with Gasteiger partial charge < -0.3 is 13.9 Å². The lowest BCUT2D eigenvalue weighted by atomic mass is 10.1. The third kappa shape index (κ3) is 3.57. The average Bonchev–Trinajstić information content (AvgIpc) is 2.50. The number of benzene rings is 1. The third-order valence-electron chi connectivity index (χ3n) is 3.62. The highest BCUT2D eigenvalue weighted by Gasteiger charge is 2.11. The van der Waals surface area contributed by atoms with Crippen LogP contribution in [0.15, 0.2) is 27.4 Å². The van der Waals surface area contributed by atoms with Gasteiger partial charge in [-0.25, -0.2) is 4.79 Å². The Labute approximate surface area is 124 Å². The van der Waals surface area contributed by atoms with E-state index in [1.807, 2.05) is 6.07 Å². The second-order valence-electron chi connectivity index (χ2n) is 5.11. The molecule has 0 aliphatic rings. The van der Waals surface area contributed by atoms with Gasteiger partial charge >= 0.3 is 5.63 Å². The summed E-state index contributed by atoms with van der Waals surface area (Å²) in [6, 6.07) is 5.38. The van der Waals surface area contributed by atoms with E-state index >= 15 is 0 Å². The molecule has 2 rings (SSSR count). The molecule has 114 valence electrons. The highest BCUT2D eigenvalue weighted by Crippen LogP contribution is 2.31. The number of rotatable bonds is 7. The Kier molecular flexibility index (Phi) is 5.26. The van der Waals surface area contributed by atoms with Crippen molar-refractivity contribution in [2.45, 2.75) is 39.0 Å². The first-order valence-electron chi connectivity index (χ1n) is 7.38.